The fourth-order valence-corrected chi connectivity index (χ4v) is 3.35. The number of carbonyl (C=O) groups excluding carboxylic acids is 1. The van der Waals surface area contributed by atoms with Gasteiger partial charge < -0.3 is 5.73 Å². The van der Waals surface area contributed by atoms with Gasteiger partial charge in [0.15, 0.2) is 0 Å². The van der Waals surface area contributed by atoms with E-state index in [-0.39, 0.29) is 11.7 Å². The first kappa shape index (κ1) is 15.4. The maximum absolute atomic E-state index is 13.4. The summed E-state index contributed by atoms with van der Waals surface area (Å²) in [4.78, 5) is 13.2. The van der Waals surface area contributed by atoms with Crippen molar-refractivity contribution in [2.45, 2.75) is 32.2 Å². The number of carbonyl (C=O) groups is 1. The number of benzene rings is 1. The zero-order valence-corrected chi connectivity index (χ0v) is 13.0. The first-order chi connectivity index (χ1) is 9.52. The molecule has 110 valence electrons. The van der Waals surface area contributed by atoms with Gasteiger partial charge in [-0.3, -0.25) is 9.69 Å². The van der Waals surface area contributed by atoms with Gasteiger partial charge in [0, 0.05) is 24.0 Å². The van der Waals surface area contributed by atoms with Crippen LogP contribution in [0.3, 0.4) is 0 Å². The standard InChI is InChI=1S/C15H20BrFN2O/c16-13-6-12(7-14(17)8-13)10-19-5-1-2-11(9-19)3-4-15(18)20/h6-8,11H,1-5,9-10H2,(H2,18,20)/t11-/m0/s1. The van der Waals surface area contributed by atoms with Crippen LogP contribution in [0, 0.1) is 11.7 Å². The molecular formula is C15H20BrFN2O. The highest BCUT2D eigenvalue weighted by Crippen LogP contribution is 2.23. The average molecular weight is 343 g/mol. The van der Waals surface area contributed by atoms with E-state index in [4.69, 9.17) is 5.73 Å². The van der Waals surface area contributed by atoms with Gasteiger partial charge in [0.2, 0.25) is 5.91 Å². The van der Waals surface area contributed by atoms with Crippen LogP contribution in [0.4, 0.5) is 4.39 Å². The van der Waals surface area contributed by atoms with Crippen LogP contribution in [0.2, 0.25) is 0 Å². The number of primary amides is 1. The van der Waals surface area contributed by atoms with Crippen molar-refractivity contribution in [2.24, 2.45) is 11.7 Å². The smallest absolute Gasteiger partial charge is 0.217 e. The number of amides is 1. The largest absolute Gasteiger partial charge is 0.370 e. The maximum atomic E-state index is 13.4. The molecule has 5 heteroatoms. The van der Waals surface area contributed by atoms with Gasteiger partial charge in [-0.15, -0.1) is 0 Å². The summed E-state index contributed by atoms with van der Waals surface area (Å²) in [7, 11) is 0. The Hall–Kier alpha value is -0.940. The molecule has 2 N–H and O–H groups in total. The van der Waals surface area contributed by atoms with Crippen molar-refractivity contribution in [1.82, 2.24) is 4.90 Å². The van der Waals surface area contributed by atoms with Crippen molar-refractivity contribution >= 4 is 21.8 Å². The Morgan fingerprint density at radius 1 is 1.45 bits per heavy atom. The molecule has 1 fully saturated rings. The molecule has 0 spiro atoms. The van der Waals surface area contributed by atoms with Crippen molar-refractivity contribution in [1.29, 1.82) is 0 Å². The van der Waals surface area contributed by atoms with Crippen LogP contribution in [0.15, 0.2) is 22.7 Å². The Kier molecular flexibility index (Phi) is 5.54. The van der Waals surface area contributed by atoms with Gasteiger partial charge in [0.05, 0.1) is 0 Å². The molecule has 1 aliphatic heterocycles. The molecule has 1 aromatic rings. The molecule has 1 aromatic carbocycles. The highest BCUT2D eigenvalue weighted by molar-refractivity contribution is 9.10. The molecule has 0 unspecified atom stereocenters. The van der Waals surface area contributed by atoms with Gasteiger partial charge in [-0.25, -0.2) is 4.39 Å². The first-order valence-electron chi connectivity index (χ1n) is 6.98. The lowest BCUT2D eigenvalue weighted by atomic mass is 9.93. The third-order valence-electron chi connectivity index (χ3n) is 3.73. The third kappa shape index (κ3) is 4.87. The highest BCUT2D eigenvalue weighted by Gasteiger charge is 2.20. The van der Waals surface area contributed by atoms with Crippen LogP contribution in [-0.4, -0.2) is 23.9 Å². The van der Waals surface area contributed by atoms with Crippen LogP contribution >= 0.6 is 15.9 Å². The fourth-order valence-electron chi connectivity index (χ4n) is 2.84. The van der Waals surface area contributed by atoms with E-state index in [0.29, 0.717) is 12.3 Å². The Morgan fingerprint density at radius 2 is 2.25 bits per heavy atom. The zero-order chi connectivity index (χ0) is 14.5. The second kappa shape index (κ2) is 7.18. The van der Waals surface area contributed by atoms with Gasteiger partial charge in [-0.2, -0.15) is 0 Å². The van der Waals surface area contributed by atoms with Crippen LogP contribution in [0.1, 0.15) is 31.2 Å². The molecular weight excluding hydrogens is 323 g/mol. The minimum absolute atomic E-state index is 0.211. The average Bonchev–Trinajstić information content (AvgIpc) is 2.35. The molecule has 0 bridgehead atoms. The number of likely N-dealkylation sites (tertiary alicyclic amines) is 1. The summed E-state index contributed by atoms with van der Waals surface area (Å²) in [6.07, 6.45) is 3.60. The van der Waals surface area contributed by atoms with E-state index in [2.05, 4.69) is 20.8 Å². The second-order valence-electron chi connectivity index (χ2n) is 5.53. The fraction of sp³-hybridized carbons (Fsp3) is 0.533. The third-order valence-corrected chi connectivity index (χ3v) is 4.19. The predicted molar refractivity (Wildman–Crippen MR) is 80.5 cm³/mol. The van der Waals surface area contributed by atoms with Gasteiger partial charge >= 0.3 is 0 Å². The van der Waals surface area contributed by atoms with Gasteiger partial charge in [0.1, 0.15) is 5.82 Å². The summed E-state index contributed by atoms with van der Waals surface area (Å²) in [5.41, 5.74) is 6.18. The lowest BCUT2D eigenvalue weighted by Gasteiger charge is -2.32. The number of hydrogen-bond acceptors (Lipinski definition) is 2. The highest BCUT2D eigenvalue weighted by atomic mass is 79.9. The van der Waals surface area contributed by atoms with Gasteiger partial charge in [0.25, 0.3) is 0 Å². The Bertz CT molecular complexity index is 461. The summed E-state index contributed by atoms with van der Waals surface area (Å²) in [5, 5.41) is 0. The van der Waals surface area contributed by atoms with Crippen LogP contribution < -0.4 is 5.73 Å². The van der Waals surface area contributed by atoms with E-state index in [1.165, 1.54) is 6.07 Å². The molecule has 0 saturated carbocycles. The number of rotatable bonds is 5. The molecule has 0 aromatic heterocycles. The molecule has 0 radical (unpaired) electrons. The molecule has 2 rings (SSSR count). The number of nitrogens with two attached hydrogens (primary N) is 1. The Balaban J connectivity index is 1.90. The van der Waals surface area contributed by atoms with Gasteiger partial charge in [-0.05, 0) is 55.5 Å². The normalized spacial score (nSPS) is 20.0. The molecule has 20 heavy (non-hydrogen) atoms. The van der Waals surface area contributed by atoms with Crippen molar-refractivity contribution in [3.8, 4) is 0 Å². The molecule has 1 amide bonds. The van der Waals surface area contributed by atoms with Gasteiger partial charge in [-0.1, -0.05) is 15.9 Å². The number of piperidine rings is 1. The summed E-state index contributed by atoms with van der Waals surface area (Å²) in [5.74, 6) is 0.0843. The van der Waals surface area contributed by atoms with Crippen LogP contribution in [0.25, 0.3) is 0 Å². The van der Waals surface area contributed by atoms with Crippen LogP contribution in [-0.2, 0) is 11.3 Å². The summed E-state index contributed by atoms with van der Waals surface area (Å²) < 4.78 is 14.1. The minimum Gasteiger partial charge on any atom is -0.370 e. The lowest BCUT2D eigenvalue weighted by molar-refractivity contribution is -0.118. The molecule has 1 aliphatic rings. The minimum atomic E-state index is -0.226. The first-order valence-corrected chi connectivity index (χ1v) is 7.78. The maximum Gasteiger partial charge on any atom is 0.217 e. The number of nitrogens with zero attached hydrogens (tertiary/aromatic N) is 1. The zero-order valence-electron chi connectivity index (χ0n) is 11.4. The summed E-state index contributed by atoms with van der Waals surface area (Å²) in [6.45, 7) is 2.74. The number of halogens is 2. The van der Waals surface area contributed by atoms with E-state index >= 15 is 0 Å². The van der Waals surface area contributed by atoms with Crippen molar-refractivity contribution in [2.75, 3.05) is 13.1 Å². The number of hydrogen-bond donors (Lipinski definition) is 1. The monoisotopic (exact) mass is 342 g/mol. The van der Waals surface area contributed by atoms with E-state index < -0.39 is 0 Å². The van der Waals surface area contributed by atoms with E-state index in [1.54, 1.807) is 6.07 Å². The van der Waals surface area contributed by atoms with Crippen molar-refractivity contribution < 1.29 is 9.18 Å². The second-order valence-corrected chi connectivity index (χ2v) is 6.44. The Labute approximate surface area is 127 Å². The van der Waals surface area contributed by atoms with E-state index in [9.17, 15) is 9.18 Å². The summed E-state index contributed by atoms with van der Waals surface area (Å²) >= 11 is 3.32. The molecule has 0 aliphatic carbocycles. The topological polar surface area (TPSA) is 46.3 Å². The predicted octanol–water partition coefficient (Wildman–Crippen LogP) is 3.07. The molecule has 1 heterocycles. The van der Waals surface area contributed by atoms with E-state index in [1.807, 2.05) is 6.07 Å². The molecule has 1 saturated heterocycles. The molecule has 1 atom stereocenters. The SMILES string of the molecule is NC(=O)CC[C@@H]1CCCN(Cc2cc(F)cc(Br)c2)C1. The van der Waals surface area contributed by atoms with Crippen molar-refractivity contribution in [3.05, 3.63) is 34.1 Å². The molecule has 3 nitrogen and oxygen atoms in total. The Morgan fingerprint density at radius 3 is 2.95 bits per heavy atom. The van der Waals surface area contributed by atoms with Crippen LogP contribution in [0.5, 0.6) is 0 Å². The van der Waals surface area contributed by atoms with E-state index in [0.717, 1.165) is 48.9 Å². The quantitative estimate of drug-likeness (QED) is 0.893. The lowest BCUT2D eigenvalue weighted by Crippen LogP contribution is -2.35. The summed E-state index contributed by atoms with van der Waals surface area (Å²) in [6, 6.07) is 5.00. The van der Waals surface area contributed by atoms with Crippen molar-refractivity contribution in [3.63, 3.8) is 0 Å².